The van der Waals surface area contributed by atoms with Crippen LogP contribution in [0.2, 0.25) is 0 Å². The molecule has 0 bridgehead atoms. The van der Waals surface area contributed by atoms with Crippen LogP contribution in [0, 0.1) is 0 Å². The molecule has 0 aliphatic heterocycles. The maximum absolute atomic E-state index is 5.73. The lowest BCUT2D eigenvalue weighted by molar-refractivity contribution is 0.354. The lowest BCUT2D eigenvalue weighted by atomic mass is 10.2. The molecule has 0 fully saturated rings. The summed E-state index contributed by atoms with van der Waals surface area (Å²) >= 11 is 0. The van der Waals surface area contributed by atoms with Crippen molar-refractivity contribution in [2.75, 3.05) is 25.3 Å². The van der Waals surface area contributed by atoms with E-state index in [4.69, 9.17) is 15.2 Å². The van der Waals surface area contributed by atoms with Crippen molar-refractivity contribution in [3.63, 3.8) is 0 Å². The van der Waals surface area contributed by atoms with Crippen molar-refractivity contribution in [2.45, 2.75) is 6.54 Å². The molecular formula is C15H18N2O2. The highest BCUT2D eigenvalue weighted by molar-refractivity contribution is 5.54. The van der Waals surface area contributed by atoms with Gasteiger partial charge >= 0.3 is 0 Å². The Labute approximate surface area is 113 Å². The van der Waals surface area contributed by atoms with E-state index in [9.17, 15) is 0 Å². The highest BCUT2D eigenvalue weighted by Gasteiger charge is 2.04. The van der Waals surface area contributed by atoms with Crippen molar-refractivity contribution in [2.24, 2.45) is 0 Å². The molecule has 0 radical (unpaired) electrons. The van der Waals surface area contributed by atoms with Crippen molar-refractivity contribution >= 4 is 11.4 Å². The van der Waals surface area contributed by atoms with E-state index in [0.717, 1.165) is 28.4 Å². The van der Waals surface area contributed by atoms with Gasteiger partial charge in [0.15, 0.2) is 11.5 Å². The van der Waals surface area contributed by atoms with Crippen molar-refractivity contribution < 1.29 is 9.47 Å². The molecule has 0 saturated carbocycles. The van der Waals surface area contributed by atoms with Crippen LogP contribution in [0.3, 0.4) is 0 Å². The largest absolute Gasteiger partial charge is 0.493 e. The van der Waals surface area contributed by atoms with E-state index >= 15 is 0 Å². The SMILES string of the molecule is COc1ccc(CNc2cccc(N)c2)cc1OC. The molecule has 0 amide bonds. The Balaban J connectivity index is 2.07. The lowest BCUT2D eigenvalue weighted by Crippen LogP contribution is -2.01. The van der Waals surface area contributed by atoms with Gasteiger partial charge in [-0.15, -0.1) is 0 Å². The monoisotopic (exact) mass is 258 g/mol. The highest BCUT2D eigenvalue weighted by Crippen LogP contribution is 2.27. The summed E-state index contributed by atoms with van der Waals surface area (Å²) in [5, 5.41) is 3.31. The van der Waals surface area contributed by atoms with E-state index < -0.39 is 0 Å². The first kappa shape index (κ1) is 13.1. The molecular weight excluding hydrogens is 240 g/mol. The van der Waals surface area contributed by atoms with Gasteiger partial charge in [-0.2, -0.15) is 0 Å². The average Bonchev–Trinajstić information content (AvgIpc) is 2.45. The second kappa shape index (κ2) is 6.00. The number of hydrogen-bond acceptors (Lipinski definition) is 4. The number of nitrogens with one attached hydrogen (secondary N) is 1. The van der Waals surface area contributed by atoms with Crippen molar-refractivity contribution in [1.82, 2.24) is 0 Å². The minimum absolute atomic E-state index is 0.698. The zero-order chi connectivity index (χ0) is 13.7. The number of rotatable bonds is 5. The molecule has 0 atom stereocenters. The second-order valence-corrected chi connectivity index (χ2v) is 4.17. The summed E-state index contributed by atoms with van der Waals surface area (Å²) in [5.41, 5.74) is 8.59. The molecule has 0 aliphatic carbocycles. The zero-order valence-electron chi connectivity index (χ0n) is 11.1. The number of nitrogens with two attached hydrogens (primary N) is 1. The van der Waals surface area contributed by atoms with Crippen molar-refractivity contribution in [1.29, 1.82) is 0 Å². The maximum atomic E-state index is 5.73. The van der Waals surface area contributed by atoms with Crippen LogP contribution >= 0.6 is 0 Å². The lowest BCUT2D eigenvalue weighted by Gasteiger charge is -2.11. The molecule has 4 heteroatoms. The number of ether oxygens (including phenoxy) is 2. The predicted molar refractivity (Wildman–Crippen MR) is 77.7 cm³/mol. The Morgan fingerprint density at radius 1 is 1.00 bits per heavy atom. The van der Waals surface area contributed by atoms with Gasteiger partial charge in [-0.3, -0.25) is 0 Å². The Hall–Kier alpha value is -2.36. The van der Waals surface area contributed by atoms with Crippen LogP contribution < -0.4 is 20.5 Å². The second-order valence-electron chi connectivity index (χ2n) is 4.17. The molecule has 0 aliphatic rings. The minimum atomic E-state index is 0.698. The molecule has 0 saturated heterocycles. The van der Waals surface area contributed by atoms with E-state index in [0.29, 0.717) is 6.54 Å². The molecule has 2 rings (SSSR count). The predicted octanol–water partition coefficient (Wildman–Crippen LogP) is 2.90. The molecule has 19 heavy (non-hydrogen) atoms. The fraction of sp³-hybridized carbons (Fsp3) is 0.200. The van der Waals surface area contributed by atoms with Crippen LogP contribution in [-0.4, -0.2) is 14.2 Å². The van der Waals surface area contributed by atoms with Gasteiger partial charge in [-0.05, 0) is 35.9 Å². The molecule has 0 unspecified atom stereocenters. The zero-order valence-corrected chi connectivity index (χ0v) is 11.1. The summed E-state index contributed by atoms with van der Waals surface area (Å²) in [5.74, 6) is 1.46. The van der Waals surface area contributed by atoms with Crippen LogP contribution in [0.1, 0.15) is 5.56 Å². The third-order valence-corrected chi connectivity index (χ3v) is 2.83. The number of hydrogen-bond donors (Lipinski definition) is 2. The average molecular weight is 258 g/mol. The van der Waals surface area contributed by atoms with E-state index in [1.165, 1.54) is 0 Å². The third-order valence-electron chi connectivity index (χ3n) is 2.83. The standard InChI is InChI=1S/C15H18N2O2/c1-18-14-7-6-11(8-15(14)19-2)10-17-13-5-3-4-12(16)9-13/h3-9,17H,10,16H2,1-2H3. The molecule has 2 aromatic carbocycles. The van der Waals surface area contributed by atoms with Gasteiger partial charge in [-0.25, -0.2) is 0 Å². The number of anilines is 2. The van der Waals surface area contributed by atoms with Crippen LogP contribution in [0.15, 0.2) is 42.5 Å². The van der Waals surface area contributed by atoms with Crippen LogP contribution in [0.5, 0.6) is 11.5 Å². The van der Waals surface area contributed by atoms with Gasteiger partial charge in [0.2, 0.25) is 0 Å². The fourth-order valence-corrected chi connectivity index (χ4v) is 1.84. The summed E-state index contributed by atoms with van der Waals surface area (Å²) in [7, 11) is 3.26. The Bertz CT molecular complexity index is 556. The molecule has 0 spiro atoms. The third kappa shape index (κ3) is 3.31. The summed E-state index contributed by atoms with van der Waals surface area (Å²) < 4.78 is 10.5. The summed E-state index contributed by atoms with van der Waals surface area (Å²) in [4.78, 5) is 0. The molecule has 0 aromatic heterocycles. The Kier molecular flexibility index (Phi) is 4.13. The van der Waals surface area contributed by atoms with Crippen LogP contribution in [0.4, 0.5) is 11.4 Å². The molecule has 3 N–H and O–H groups in total. The fourth-order valence-electron chi connectivity index (χ4n) is 1.84. The Morgan fingerprint density at radius 2 is 1.79 bits per heavy atom. The van der Waals surface area contributed by atoms with Gasteiger partial charge in [0.25, 0.3) is 0 Å². The van der Waals surface area contributed by atoms with Crippen LogP contribution in [0.25, 0.3) is 0 Å². The summed E-state index contributed by atoms with van der Waals surface area (Å²) in [6.07, 6.45) is 0. The molecule has 2 aromatic rings. The topological polar surface area (TPSA) is 56.5 Å². The highest BCUT2D eigenvalue weighted by atomic mass is 16.5. The number of methoxy groups -OCH3 is 2. The molecule has 0 heterocycles. The smallest absolute Gasteiger partial charge is 0.161 e. The summed E-state index contributed by atoms with van der Waals surface area (Å²) in [6, 6.07) is 13.5. The first-order chi connectivity index (χ1) is 9.22. The van der Waals surface area contributed by atoms with Gasteiger partial charge in [0.05, 0.1) is 14.2 Å². The van der Waals surface area contributed by atoms with Gasteiger partial charge in [0, 0.05) is 17.9 Å². The van der Waals surface area contributed by atoms with Crippen molar-refractivity contribution in [3.05, 3.63) is 48.0 Å². The van der Waals surface area contributed by atoms with Gasteiger partial charge in [0.1, 0.15) is 0 Å². The molecule has 4 nitrogen and oxygen atoms in total. The van der Waals surface area contributed by atoms with Gasteiger partial charge in [-0.1, -0.05) is 12.1 Å². The number of nitrogen functional groups attached to an aromatic ring is 1. The van der Waals surface area contributed by atoms with E-state index in [-0.39, 0.29) is 0 Å². The summed E-state index contributed by atoms with van der Waals surface area (Å²) in [6.45, 7) is 0.698. The van der Waals surface area contributed by atoms with E-state index in [1.54, 1.807) is 14.2 Å². The first-order valence-electron chi connectivity index (χ1n) is 6.03. The first-order valence-corrected chi connectivity index (χ1v) is 6.03. The Morgan fingerprint density at radius 3 is 2.47 bits per heavy atom. The van der Waals surface area contributed by atoms with Crippen molar-refractivity contribution in [3.8, 4) is 11.5 Å². The van der Waals surface area contributed by atoms with E-state index in [1.807, 2.05) is 42.5 Å². The minimum Gasteiger partial charge on any atom is -0.493 e. The number of benzene rings is 2. The normalized spacial score (nSPS) is 10.0. The maximum Gasteiger partial charge on any atom is 0.161 e. The van der Waals surface area contributed by atoms with E-state index in [2.05, 4.69) is 5.32 Å². The van der Waals surface area contributed by atoms with Gasteiger partial charge < -0.3 is 20.5 Å². The quantitative estimate of drug-likeness (QED) is 0.810. The van der Waals surface area contributed by atoms with Crippen LogP contribution in [-0.2, 0) is 6.54 Å². The molecule has 100 valence electrons.